The Morgan fingerprint density at radius 2 is 1.62 bits per heavy atom. The Morgan fingerprint density at radius 1 is 0.855 bits per heavy atom. The molecule has 1 aliphatic carbocycles. The first kappa shape index (κ1) is 62.9. The van der Waals surface area contributed by atoms with Gasteiger partial charge < -0.3 is 54.0 Å². The number of hydrogen-bond donors (Lipinski definition) is 4. The molecule has 16 atom stereocenters. The van der Waals surface area contributed by atoms with Gasteiger partial charge in [0.2, 0.25) is 11.7 Å². The van der Waals surface area contributed by atoms with E-state index in [1.165, 1.54) is 12.0 Å². The fourth-order valence-electron chi connectivity index (χ4n) is 11.9. The van der Waals surface area contributed by atoms with Crippen molar-refractivity contribution in [3.63, 3.8) is 0 Å². The molecule has 5 rings (SSSR count). The summed E-state index contributed by atoms with van der Waals surface area (Å²) < 4.78 is 36.5. The minimum atomic E-state index is -2.49. The number of aliphatic hydroxyl groups excluding tert-OH is 2. The molecule has 2 amide bonds. The van der Waals surface area contributed by atoms with Crippen LogP contribution in [0.1, 0.15) is 145 Å². The van der Waals surface area contributed by atoms with E-state index in [0.717, 1.165) is 18.4 Å². The van der Waals surface area contributed by atoms with E-state index in [1.54, 1.807) is 34.0 Å². The standard InChI is InChI=1S/C59H92N2O15/c1-36-16-11-10-12-17-37(2)49(73-28-15-18-44-24-25-60-56(44)67)34-45-22-20-42(7)59(70,76-45)55(66)57(68)61-26-14-13-19-46(61)58(69)75-50(39(4)32-43-21-23-48(74-29-27-62)51(33-43)71-8)35-47(63)38(3)31-41(6)53(65)54(72-9)52(64)40(5)30-36/h10-12,16-17,31,36,38-40,42-46,48-51,53-54,62,65,70H,13-15,18-30,32-35H2,1-9H3,(H,60,67)/b12-10+,16-11+,37-17+,41-31+/t36-,38-,39-,40-,42-,43+,44?,45+,46+,48-,49?,50+,51-,53-,54+,59-/m1/s1. The number of carbonyl (C=O) groups is 6. The first-order valence-electron chi connectivity index (χ1n) is 28.3. The Hall–Kier alpha value is -3.94. The van der Waals surface area contributed by atoms with Gasteiger partial charge in [-0.25, -0.2) is 4.79 Å². The molecule has 3 saturated heterocycles. The third-order valence-electron chi connectivity index (χ3n) is 16.8. The quantitative estimate of drug-likeness (QED) is 0.0669. The maximum absolute atomic E-state index is 14.6. The highest BCUT2D eigenvalue weighted by Gasteiger charge is 2.53. The van der Waals surface area contributed by atoms with Gasteiger partial charge in [-0.2, -0.15) is 0 Å². The van der Waals surface area contributed by atoms with Gasteiger partial charge in [0.15, 0.2) is 5.78 Å². The molecule has 0 aromatic carbocycles. The second-order valence-electron chi connectivity index (χ2n) is 22.7. The average molecular weight is 1070 g/mol. The summed E-state index contributed by atoms with van der Waals surface area (Å²) in [5, 5.41) is 36.1. The molecule has 4 aliphatic heterocycles. The number of cyclic esters (lactones) is 1. The van der Waals surface area contributed by atoms with Crippen LogP contribution in [-0.2, 0) is 57.2 Å². The topological polar surface area (TPSA) is 234 Å². The first-order valence-corrected chi connectivity index (χ1v) is 28.3. The minimum Gasteiger partial charge on any atom is -0.460 e. The molecule has 0 aromatic rings. The van der Waals surface area contributed by atoms with E-state index >= 15 is 0 Å². The van der Waals surface area contributed by atoms with Crippen molar-refractivity contribution in [1.82, 2.24) is 10.2 Å². The zero-order valence-electron chi connectivity index (χ0n) is 47.0. The predicted molar refractivity (Wildman–Crippen MR) is 285 cm³/mol. The molecule has 5 aliphatic rings. The molecule has 428 valence electrons. The van der Waals surface area contributed by atoms with Crippen molar-refractivity contribution in [2.45, 2.75) is 199 Å². The normalized spacial score (nSPS) is 38.2. The van der Waals surface area contributed by atoms with Crippen LogP contribution in [0.4, 0.5) is 0 Å². The fraction of sp³-hybridized carbons (Fsp3) is 0.763. The van der Waals surface area contributed by atoms with Gasteiger partial charge in [-0.3, -0.25) is 24.0 Å². The number of methoxy groups -OCH3 is 2. The lowest BCUT2D eigenvalue weighted by Gasteiger charge is -2.43. The molecule has 0 aromatic heterocycles. The van der Waals surface area contributed by atoms with Gasteiger partial charge in [-0.15, -0.1) is 0 Å². The van der Waals surface area contributed by atoms with E-state index in [2.05, 4.69) is 5.32 Å². The molecule has 4 N–H and O–H groups in total. The van der Waals surface area contributed by atoms with Gasteiger partial charge in [0.05, 0.1) is 37.6 Å². The number of nitrogens with one attached hydrogen (secondary N) is 1. The molecular weight excluding hydrogens is 977 g/mol. The summed E-state index contributed by atoms with van der Waals surface area (Å²) in [7, 11) is 3.00. The van der Waals surface area contributed by atoms with Crippen LogP contribution in [0.2, 0.25) is 0 Å². The average Bonchev–Trinajstić information content (AvgIpc) is 3.82. The zero-order valence-corrected chi connectivity index (χ0v) is 47.0. The number of carbonyl (C=O) groups excluding carboxylic acids is 6. The number of Topliss-reactive ketones (excluding diaryl/α,β-unsaturated/α-hetero) is 3. The van der Waals surface area contributed by atoms with Crippen LogP contribution in [0.3, 0.4) is 0 Å². The van der Waals surface area contributed by atoms with Crippen LogP contribution in [0.25, 0.3) is 0 Å². The first-order chi connectivity index (χ1) is 36.2. The van der Waals surface area contributed by atoms with Crippen LogP contribution in [-0.4, -0.2) is 157 Å². The lowest BCUT2D eigenvalue weighted by atomic mass is 9.78. The lowest BCUT2D eigenvalue weighted by Crippen LogP contribution is -2.61. The van der Waals surface area contributed by atoms with Crippen LogP contribution in [0.15, 0.2) is 47.6 Å². The van der Waals surface area contributed by atoms with E-state index in [0.29, 0.717) is 82.9 Å². The summed E-state index contributed by atoms with van der Waals surface area (Å²) >= 11 is 0. The molecule has 2 unspecified atom stereocenters. The number of hydrogen-bond acceptors (Lipinski definition) is 15. The van der Waals surface area contributed by atoms with Crippen molar-refractivity contribution >= 4 is 35.1 Å². The highest BCUT2D eigenvalue weighted by Crippen LogP contribution is 2.38. The maximum Gasteiger partial charge on any atom is 0.329 e. The number of ketones is 3. The van der Waals surface area contributed by atoms with Crippen LogP contribution < -0.4 is 5.32 Å². The van der Waals surface area contributed by atoms with E-state index in [1.807, 2.05) is 58.1 Å². The third-order valence-corrected chi connectivity index (χ3v) is 16.8. The lowest BCUT2D eigenvalue weighted by molar-refractivity contribution is -0.266. The number of fused-ring (bicyclic) bond motifs is 3. The minimum absolute atomic E-state index is 0.0154. The molecule has 17 nitrogen and oxygen atoms in total. The van der Waals surface area contributed by atoms with Crippen molar-refractivity contribution in [3.05, 3.63) is 47.6 Å². The van der Waals surface area contributed by atoms with Gasteiger partial charge in [0, 0.05) is 70.4 Å². The van der Waals surface area contributed by atoms with Crippen molar-refractivity contribution in [1.29, 1.82) is 0 Å². The SMILES string of the molecule is CO[C@@H]1C[C@H](C[C@@H](C)[C@@H]2CC(=O)[C@H](C)/C=C(\C)[C@@H](O)[C@@H](OC)C(=O)[C@H](C)C[C@H](C)/C=C/C=C/C=C(\C)C(OCCCC3CCNC3=O)C[C@@H]3CC[C@@H](C)[C@@](O)(O3)C(=O)C(=O)N3CCCC[C@H]3C(=O)O2)CC[C@H]1OCCO. The highest BCUT2D eigenvalue weighted by atomic mass is 16.6. The van der Waals surface area contributed by atoms with Gasteiger partial charge in [0.1, 0.15) is 30.1 Å². The molecule has 4 heterocycles. The summed E-state index contributed by atoms with van der Waals surface area (Å²) in [6, 6.07) is -1.17. The molecular formula is C59H92N2O15. The predicted octanol–water partition coefficient (Wildman–Crippen LogP) is 6.48. The number of piperidine rings is 1. The van der Waals surface area contributed by atoms with Crippen molar-refractivity contribution in [2.24, 2.45) is 41.4 Å². The number of amides is 2. The Bertz CT molecular complexity index is 2070. The second-order valence-corrected chi connectivity index (χ2v) is 22.7. The van der Waals surface area contributed by atoms with Crippen molar-refractivity contribution in [3.8, 4) is 0 Å². The van der Waals surface area contributed by atoms with Crippen LogP contribution in [0, 0.1) is 41.4 Å². The van der Waals surface area contributed by atoms with Crippen LogP contribution >= 0.6 is 0 Å². The Balaban J connectivity index is 1.46. The Morgan fingerprint density at radius 3 is 2.32 bits per heavy atom. The number of esters is 1. The second kappa shape index (κ2) is 30.4. The number of allylic oxidation sites excluding steroid dienone is 6. The third kappa shape index (κ3) is 17.3. The highest BCUT2D eigenvalue weighted by molar-refractivity contribution is 6.39. The smallest absolute Gasteiger partial charge is 0.329 e. The summed E-state index contributed by atoms with van der Waals surface area (Å²) in [5.41, 5.74) is 1.23. The van der Waals surface area contributed by atoms with Crippen LogP contribution in [0.5, 0.6) is 0 Å². The Kier molecular flexibility index (Phi) is 25.2. The van der Waals surface area contributed by atoms with Crippen molar-refractivity contribution in [2.75, 3.05) is 47.1 Å². The van der Waals surface area contributed by atoms with E-state index in [-0.39, 0.29) is 92.4 Å². The molecule has 2 bridgehead atoms. The van der Waals surface area contributed by atoms with Crippen molar-refractivity contribution < 1.29 is 72.5 Å². The summed E-state index contributed by atoms with van der Waals surface area (Å²) in [6.07, 6.45) is 13.6. The summed E-state index contributed by atoms with van der Waals surface area (Å²) in [5.74, 6) is -8.24. The maximum atomic E-state index is 14.6. The monoisotopic (exact) mass is 1070 g/mol. The van der Waals surface area contributed by atoms with Gasteiger partial charge in [-0.05, 0) is 126 Å². The fourth-order valence-corrected chi connectivity index (χ4v) is 11.9. The Labute approximate surface area is 451 Å². The molecule has 1 saturated carbocycles. The molecule has 0 radical (unpaired) electrons. The number of aliphatic hydroxyl groups is 3. The molecule has 0 spiro atoms. The molecule has 17 heteroatoms. The van der Waals surface area contributed by atoms with Gasteiger partial charge in [0.25, 0.3) is 11.7 Å². The number of nitrogens with zero attached hydrogens (tertiary/aromatic N) is 1. The molecule has 4 fully saturated rings. The number of rotatable bonds is 13. The van der Waals surface area contributed by atoms with E-state index < -0.39 is 77.8 Å². The zero-order chi connectivity index (χ0) is 55.7. The van der Waals surface area contributed by atoms with Gasteiger partial charge >= 0.3 is 5.97 Å². The largest absolute Gasteiger partial charge is 0.460 e. The van der Waals surface area contributed by atoms with E-state index in [4.69, 9.17) is 28.4 Å². The number of ether oxygens (including phenoxy) is 6. The summed E-state index contributed by atoms with van der Waals surface area (Å²) in [6.45, 7) is 13.9. The summed E-state index contributed by atoms with van der Waals surface area (Å²) in [4.78, 5) is 85.3. The van der Waals surface area contributed by atoms with Gasteiger partial charge in [-0.1, -0.05) is 71.1 Å². The van der Waals surface area contributed by atoms with E-state index in [9.17, 15) is 44.1 Å². The molecule has 76 heavy (non-hydrogen) atoms.